The lowest BCUT2D eigenvalue weighted by Gasteiger charge is -2.08. The van der Waals surface area contributed by atoms with Crippen molar-refractivity contribution in [2.75, 3.05) is 6.26 Å². The van der Waals surface area contributed by atoms with Crippen molar-refractivity contribution in [1.29, 1.82) is 0 Å². The van der Waals surface area contributed by atoms with E-state index in [9.17, 15) is 21.6 Å². The molecular weight excluding hydrogens is 357 g/mol. The number of hydrogen-bond acceptors (Lipinski definition) is 3. The molecule has 0 aliphatic heterocycles. The molecule has 2 aromatic carbocycles. The van der Waals surface area contributed by atoms with Gasteiger partial charge in [-0.15, -0.1) is 0 Å². The van der Waals surface area contributed by atoms with Gasteiger partial charge in [0.2, 0.25) is 0 Å². The third-order valence-electron chi connectivity index (χ3n) is 3.50. The van der Waals surface area contributed by atoms with E-state index in [1.165, 1.54) is 23.5 Å². The molecule has 0 aliphatic rings. The van der Waals surface area contributed by atoms with E-state index < -0.39 is 26.4 Å². The van der Waals surface area contributed by atoms with Gasteiger partial charge in [-0.3, -0.25) is 0 Å². The highest BCUT2D eigenvalue weighted by atomic mass is 32.2. The molecular formula is C17H11F3O2S2. The number of rotatable bonds is 3. The van der Waals surface area contributed by atoms with Crippen molar-refractivity contribution in [2.24, 2.45) is 0 Å². The summed E-state index contributed by atoms with van der Waals surface area (Å²) in [6, 6.07) is 7.72. The second-order valence-electron chi connectivity index (χ2n) is 5.25. The first-order chi connectivity index (χ1) is 11.3. The average Bonchev–Trinajstić information content (AvgIpc) is 2.95. The molecule has 0 atom stereocenters. The molecule has 0 bridgehead atoms. The Bertz CT molecular complexity index is 984. The fourth-order valence-corrected chi connectivity index (χ4v) is 4.14. The van der Waals surface area contributed by atoms with Crippen LogP contribution in [0.1, 0.15) is 0 Å². The van der Waals surface area contributed by atoms with Crippen LogP contribution < -0.4 is 0 Å². The van der Waals surface area contributed by atoms with Gasteiger partial charge in [0.05, 0.1) is 0 Å². The maximum atomic E-state index is 14.1. The second-order valence-corrected chi connectivity index (χ2v) is 7.94. The Hall–Kier alpha value is -2.12. The summed E-state index contributed by atoms with van der Waals surface area (Å²) in [7, 11) is -4.01. The quantitative estimate of drug-likeness (QED) is 0.659. The number of thiophene rings is 1. The van der Waals surface area contributed by atoms with Crippen LogP contribution >= 0.6 is 11.3 Å². The van der Waals surface area contributed by atoms with E-state index in [0.717, 1.165) is 18.4 Å². The summed E-state index contributed by atoms with van der Waals surface area (Å²) in [5.41, 5.74) is 2.15. The first-order valence-electron chi connectivity index (χ1n) is 6.79. The fourth-order valence-electron chi connectivity index (χ4n) is 2.44. The van der Waals surface area contributed by atoms with E-state index in [1.807, 2.05) is 0 Å². The van der Waals surface area contributed by atoms with Gasteiger partial charge in [0.25, 0.3) is 0 Å². The van der Waals surface area contributed by atoms with Crippen molar-refractivity contribution in [3.63, 3.8) is 0 Å². The third-order valence-corrected chi connectivity index (χ3v) is 5.37. The van der Waals surface area contributed by atoms with Gasteiger partial charge in [0.15, 0.2) is 9.84 Å². The molecule has 0 spiro atoms. The topological polar surface area (TPSA) is 34.1 Å². The number of sulfone groups is 1. The number of hydrogen-bond donors (Lipinski definition) is 0. The maximum Gasteiger partial charge on any atom is 0.181 e. The van der Waals surface area contributed by atoms with E-state index in [2.05, 4.69) is 0 Å². The molecule has 3 aromatic rings. The van der Waals surface area contributed by atoms with Crippen LogP contribution in [-0.4, -0.2) is 14.7 Å². The summed E-state index contributed by atoms with van der Waals surface area (Å²) in [5, 5.41) is 3.48. The zero-order valence-corrected chi connectivity index (χ0v) is 14.0. The Morgan fingerprint density at radius 3 is 1.83 bits per heavy atom. The van der Waals surface area contributed by atoms with Gasteiger partial charge in [-0.05, 0) is 46.2 Å². The predicted molar refractivity (Wildman–Crippen MR) is 88.2 cm³/mol. The molecule has 3 rings (SSSR count). The van der Waals surface area contributed by atoms with Gasteiger partial charge in [-0.25, -0.2) is 21.6 Å². The minimum atomic E-state index is -4.01. The fraction of sp³-hybridized carbons (Fsp3) is 0.0588. The molecule has 124 valence electrons. The van der Waals surface area contributed by atoms with Crippen molar-refractivity contribution < 1.29 is 21.6 Å². The summed E-state index contributed by atoms with van der Waals surface area (Å²) in [4.78, 5) is -0.940. The highest BCUT2D eigenvalue weighted by Crippen LogP contribution is 2.37. The molecule has 0 aliphatic carbocycles. The van der Waals surface area contributed by atoms with Crippen molar-refractivity contribution >= 4 is 21.2 Å². The minimum absolute atomic E-state index is 0.220. The summed E-state index contributed by atoms with van der Waals surface area (Å²) in [6.45, 7) is 0. The molecule has 24 heavy (non-hydrogen) atoms. The van der Waals surface area contributed by atoms with E-state index in [1.54, 1.807) is 22.9 Å². The summed E-state index contributed by atoms with van der Waals surface area (Å²) in [6.07, 6.45) is 0.753. The van der Waals surface area contributed by atoms with Crippen LogP contribution in [0.5, 0.6) is 0 Å². The van der Waals surface area contributed by atoms with E-state index >= 15 is 0 Å². The van der Waals surface area contributed by atoms with Crippen molar-refractivity contribution in [3.8, 4) is 22.3 Å². The van der Waals surface area contributed by atoms with Gasteiger partial charge in [-0.1, -0.05) is 12.1 Å². The summed E-state index contributed by atoms with van der Waals surface area (Å²) in [5.74, 6) is -2.65. The first kappa shape index (κ1) is 16.7. The van der Waals surface area contributed by atoms with Crippen molar-refractivity contribution in [3.05, 3.63) is 64.6 Å². The lowest BCUT2D eigenvalue weighted by molar-refractivity contribution is 0.522. The van der Waals surface area contributed by atoms with Crippen LogP contribution in [0.3, 0.4) is 0 Å². The molecule has 0 amide bonds. The van der Waals surface area contributed by atoms with Crippen molar-refractivity contribution in [1.82, 2.24) is 0 Å². The van der Waals surface area contributed by atoms with Crippen molar-refractivity contribution in [2.45, 2.75) is 4.90 Å². The van der Waals surface area contributed by atoms with Crippen LogP contribution in [0, 0.1) is 17.5 Å². The Labute approximate surface area is 141 Å². The smallest absolute Gasteiger partial charge is 0.181 e. The van der Waals surface area contributed by atoms with E-state index in [0.29, 0.717) is 16.7 Å². The standard InChI is InChI=1S/C17H11F3O2S2/c1-24(21,22)17-15(19)6-11(7-16(17)20)14-9-23-8-13(14)10-2-4-12(18)5-3-10/h2-9H,1H3. The molecule has 0 fully saturated rings. The Morgan fingerprint density at radius 2 is 1.33 bits per heavy atom. The summed E-state index contributed by atoms with van der Waals surface area (Å²) >= 11 is 1.32. The van der Waals surface area contributed by atoms with Crippen LogP contribution in [0.25, 0.3) is 22.3 Å². The van der Waals surface area contributed by atoms with Crippen LogP contribution in [-0.2, 0) is 9.84 Å². The summed E-state index contributed by atoms with van der Waals surface area (Å²) < 4.78 is 64.3. The molecule has 0 unspecified atom stereocenters. The number of halogens is 3. The Balaban J connectivity index is 2.15. The molecule has 0 radical (unpaired) electrons. The molecule has 1 heterocycles. The predicted octanol–water partition coefficient (Wildman–Crippen LogP) is 4.90. The van der Waals surface area contributed by atoms with Gasteiger partial charge < -0.3 is 0 Å². The molecule has 1 aromatic heterocycles. The Morgan fingerprint density at radius 1 is 0.833 bits per heavy atom. The zero-order chi connectivity index (χ0) is 17.5. The van der Waals surface area contributed by atoms with E-state index in [-0.39, 0.29) is 11.4 Å². The van der Waals surface area contributed by atoms with Gasteiger partial charge >= 0.3 is 0 Å². The lowest BCUT2D eigenvalue weighted by atomic mass is 9.99. The average molecular weight is 368 g/mol. The number of benzene rings is 2. The molecule has 7 heteroatoms. The monoisotopic (exact) mass is 368 g/mol. The minimum Gasteiger partial charge on any atom is -0.224 e. The van der Waals surface area contributed by atoms with Crippen LogP contribution in [0.15, 0.2) is 52.1 Å². The highest BCUT2D eigenvalue weighted by molar-refractivity contribution is 7.90. The van der Waals surface area contributed by atoms with Gasteiger partial charge in [0, 0.05) is 17.4 Å². The zero-order valence-electron chi connectivity index (χ0n) is 12.4. The SMILES string of the molecule is CS(=O)(=O)c1c(F)cc(-c2cscc2-c2ccc(F)cc2)cc1F. The normalized spacial score (nSPS) is 11.7. The molecule has 0 saturated carbocycles. The molecule has 0 N–H and O–H groups in total. The second kappa shape index (κ2) is 6.07. The Kier molecular flexibility index (Phi) is 4.23. The largest absolute Gasteiger partial charge is 0.224 e. The van der Waals surface area contributed by atoms with E-state index in [4.69, 9.17) is 0 Å². The maximum absolute atomic E-state index is 14.1. The molecule has 2 nitrogen and oxygen atoms in total. The van der Waals surface area contributed by atoms with Gasteiger partial charge in [-0.2, -0.15) is 11.3 Å². The van der Waals surface area contributed by atoms with Crippen LogP contribution in [0.2, 0.25) is 0 Å². The molecule has 0 saturated heterocycles. The van der Waals surface area contributed by atoms with Gasteiger partial charge in [0.1, 0.15) is 22.3 Å². The highest BCUT2D eigenvalue weighted by Gasteiger charge is 2.22. The lowest BCUT2D eigenvalue weighted by Crippen LogP contribution is -2.04. The van der Waals surface area contributed by atoms with Crippen LogP contribution in [0.4, 0.5) is 13.2 Å². The first-order valence-corrected chi connectivity index (χ1v) is 9.62. The third kappa shape index (κ3) is 3.09.